The largest absolute Gasteiger partial charge is 0.494 e. The number of allylic oxidation sites excluding steroid dienone is 3. The van der Waals surface area contributed by atoms with Gasteiger partial charge in [0.15, 0.2) is 23.2 Å². The van der Waals surface area contributed by atoms with E-state index in [1.807, 2.05) is 0 Å². The first-order valence-corrected chi connectivity index (χ1v) is 10.8. The van der Waals surface area contributed by atoms with Crippen LogP contribution in [0.1, 0.15) is 68.1 Å². The fourth-order valence-electron chi connectivity index (χ4n) is 4.11. The molecular weight excluding hydrogens is 404 g/mol. The second-order valence-corrected chi connectivity index (χ2v) is 7.95. The molecule has 31 heavy (non-hydrogen) atoms. The molecule has 0 aliphatic heterocycles. The van der Waals surface area contributed by atoms with E-state index in [1.54, 1.807) is 18.2 Å². The highest BCUT2D eigenvalue weighted by molar-refractivity contribution is 5.51. The Hall–Kier alpha value is -2.56. The highest BCUT2D eigenvalue weighted by Crippen LogP contribution is 2.36. The molecule has 2 aromatic carbocycles. The molecule has 0 bridgehead atoms. The third kappa shape index (κ3) is 5.38. The predicted octanol–water partition coefficient (Wildman–Crippen LogP) is 7.89. The first-order valence-electron chi connectivity index (χ1n) is 10.8. The highest BCUT2D eigenvalue weighted by Gasteiger charge is 2.22. The summed E-state index contributed by atoms with van der Waals surface area (Å²) in [4.78, 5) is 0. The molecule has 0 aromatic heterocycles. The molecule has 1 unspecified atom stereocenters. The van der Waals surface area contributed by atoms with Crippen molar-refractivity contribution >= 4 is 6.08 Å². The Bertz CT molecular complexity index is 978. The van der Waals surface area contributed by atoms with E-state index >= 15 is 0 Å². The molecule has 2 aromatic rings. The molecule has 166 valence electrons. The van der Waals surface area contributed by atoms with Gasteiger partial charge in [0.1, 0.15) is 0 Å². The Morgan fingerprint density at radius 1 is 0.968 bits per heavy atom. The van der Waals surface area contributed by atoms with Crippen LogP contribution in [0.4, 0.5) is 17.6 Å². The summed E-state index contributed by atoms with van der Waals surface area (Å²) in [6.45, 7) is 2.14. The van der Waals surface area contributed by atoms with Gasteiger partial charge in [0.2, 0.25) is 5.82 Å². The molecule has 0 fully saturated rings. The lowest BCUT2D eigenvalue weighted by molar-refractivity contribution is 0.370. The number of methoxy groups -OCH3 is 1. The van der Waals surface area contributed by atoms with E-state index in [0.717, 1.165) is 32.1 Å². The van der Waals surface area contributed by atoms with Crippen molar-refractivity contribution < 1.29 is 22.3 Å². The van der Waals surface area contributed by atoms with Crippen LogP contribution in [0.5, 0.6) is 5.75 Å². The molecule has 1 aliphatic carbocycles. The number of benzene rings is 2. The van der Waals surface area contributed by atoms with E-state index in [9.17, 15) is 17.6 Å². The van der Waals surface area contributed by atoms with Gasteiger partial charge in [-0.2, -0.15) is 4.39 Å². The van der Waals surface area contributed by atoms with Gasteiger partial charge < -0.3 is 4.74 Å². The molecule has 1 nitrogen and oxygen atoms in total. The van der Waals surface area contributed by atoms with Crippen LogP contribution in [0.25, 0.3) is 6.08 Å². The Morgan fingerprint density at radius 3 is 2.45 bits per heavy atom. The molecule has 0 saturated carbocycles. The average molecular weight is 433 g/mol. The van der Waals surface area contributed by atoms with Crippen LogP contribution < -0.4 is 4.74 Å². The van der Waals surface area contributed by atoms with Crippen molar-refractivity contribution in [2.45, 2.75) is 57.8 Å². The first kappa shape index (κ1) is 23.1. The fraction of sp³-hybridized carbons (Fsp3) is 0.385. The molecule has 0 N–H and O–H groups in total. The molecule has 1 aliphatic rings. The SMILES string of the molecule is CCCC1=CCC(c2ccc(/C=C/CCc3ccc(OC)c(F)c3F)c(F)c2F)CC1. The van der Waals surface area contributed by atoms with Crippen molar-refractivity contribution in [3.63, 3.8) is 0 Å². The Balaban J connectivity index is 1.65. The van der Waals surface area contributed by atoms with Crippen molar-refractivity contribution in [2.24, 2.45) is 0 Å². The number of rotatable bonds is 8. The van der Waals surface area contributed by atoms with Crippen LogP contribution in [-0.4, -0.2) is 7.11 Å². The quantitative estimate of drug-likeness (QED) is 0.304. The van der Waals surface area contributed by atoms with Crippen LogP contribution in [0.2, 0.25) is 0 Å². The topological polar surface area (TPSA) is 9.23 Å². The van der Waals surface area contributed by atoms with Crippen molar-refractivity contribution in [3.05, 3.63) is 81.9 Å². The molecular formula is C26H28F4O. The zero-order valence-electron chi connectivity index (χ0n) is 18.0. The second kappa shape index (κ2) is 10.7. The average Bonchev–Trinajstić information content (AvgIpc) is 2.78. The van der Waals surface area contributed by atoms with Crippen LogP contribution in [-0.2, 0) is 6.42 Å². The number of ether oxygens (including phenoxy) is 1. The van der Waals surface area contributed by atoms with E-state index in [4.69, 9.17) is 4.74 Å². The lowest BCUT2D eigenvalue weighted by atomic mass is 9.83. The lowest BCUT2D eigenvalue weighted by Gasteiger charge is -2.23. The summed E-state index contributed by atoms with van der Waals surface area (Å²) in [5.41, 5.74) is 2.20. The Labute approximate surface area is 181 Å². The molecule has 0 radical (unpaired) electrons. The number of hydrogen-bond acceptors (Lipinski definition) is 1. The van der Waals surface area contributed by atoms with Crippen molar-refractivity contribution in [1.82, 2.24) is 0 Å². The van der Waals surface area contributed by atoms with Crippen LogP contribution in [0.15, 0.2) is 42.0 Å². The van der Waals surface area contributed by atoms with Gasteiger partial charge in [-0.1, -0.05) is 55.3 Å². The molecule has 0 spiro atoms. The summed E-state index contributed by atoms with van der Waals surface area (Å²) in [6.07, 6.45) is 10.6. The van der Waals surface area contributed by atoms with E-state index in [1.165, 1.54) is 30.9 Å². The normalized spacial score (nSPS) is 16.6. The Kier molecular flexibility index (Phi) is 7.94. The molecule has 1 atom stereocenters. The fourth-order valence-corrected chi connectivity index (χ4v) is 4.11. The van der Waals surface area contributed by atoms with E-state index in [0.29, 0.717) is 12.0 Å². The van der Waals surface area contributed by atoms with Crippen LogP contribution in [0, 0.1) is 23.3 Å². The van der Waals surface area contributed by atoms with Crippen molar-refractivity contribution in [2.75, 3.05) is 7.11 Å². The summed E-state index contributed by atoms with van der Waals surface area (Å²) in [5, 5.41) is 0. The Morgan fingerprint density at radius 2 is 1.77 bits per heavy atom. The van der Waals surface area contributed by atoms with Gasteiger partial charge in [0.25, 0.3) is 0 Å². The summed E-state index contributed by atoms with van der Waals surface area (Å²) in [6, 6.07) is 6.09. The minimum absolute atomic E-state index is 0.000999. The van der Waals surface area contributed by atoms with Crippen LogP contribution in [0.3, 0.4) is 0 Å². The van der Waals surface area contributed by atoms with E-state index < -0.39 is 23.3 Å². The monoisotopic (exact) mass is 432 g/mol. The standard InChI is InChI=1S/C26H28F4O/c1-3-6-17-9-11-18(12-10-17)21-15-13-19(23(27)25(21)29)7-4-5-8-20-14-16-22(31-2)26(30)24(20)28/h4,7,9,13-16,18H,3,5-6,8,10-12H2,1-2H3/b7-4+. The van der Waals surface area contributed by atoms with Gasteiger partial charge >= 0.3 is 0 Å². The number of hydrogen-bond donors (Lipinski definition) is 0. The number of halogens is 4. The van der Waals surface area contributed by atoms with Gasteiger partial charge in [-0.3, -0.25) is 0 Å². The zero-order chi connectivity index (χ0) is 22.4. The van der Waals surface area contributed by atoms with Gasteiger partial charge in [-0.25, -0.2) is 13.2 Å². The second-order valence-electron chi connectivity index (χ2n) is 7.95. The smallest absolute Gasteiger partial charge is 0.200 e. The molecule has 0 saturated heterocycles. The van der Waals surface area contributed by atoms with Gasteiger partial charge in [0, 0.05) is 5.56 Å². The molecule has 3 rings (SSSR count). The van der Waals surface area contributed by atoms with Gasteiger partial charge in [0.05, 0.1) is 7.11 Å². The molecule has 0 heterocycles. The van der Waals surface area contributed by atoms with Gasteiger partial charge in [-0.15, -0.1) is 0 Å². The van der Waals surface area contributed by atoms with E-state index in [2.05, 4.69) is 13.0 Å². The summed E-state index contributed by atoms with van der Waals surface area (Å²) in [7, 11) is 1.27. The van der Waals surface area contributed by atoms with E-state index in [-0.39, 0.29) is 29.2 Å². The number of aryl methyl sites for hydroxylation is 1. The third-order valence-electron chi connectivity index (χ3n) is 5.88. The molecule has 5 heteroatoms. The maximum absolute atomic E-state index is 14.7. The first-order chi connectivity index (χ1) is 15.0. The summed E-state index contributed by atoms with van der Waals surface area (Å²) >= 11 is 0. The van der Waals surface area contributed by atoms with Crippen molar-refractivity contribution in [1.29, 1.82) is 0 Å². The highest BCUT2D eigenvalue weighted by atomic mass is 19.2. The summed E-state index contributed by atoms with van der Waals surface area (Å²) in [5.74, 6) is -3.77. The van der Waals surface area contributed by atoms with Crippen molar-refractivity contribution in [3.8, 4) is 5.75 Å². The third-order valence-corrected chi connectivity index (χ3v) is 5.88. The minimum atomic E-state index is -1.02. The molecule has 0 amide bonds. The summed E-state index contributed by atoms with van der Waals surface area (Å²) < 4.78 is 61.8. The maximum Gasteiger partial charge on any atom is 0.200 e. The van der Waals surface area contributed by atoms with Crippen LogP contribution >= 0.6 is 0 Å². The lowest BCUT2D eigenvalue weighted by Crippen LogP contribution is -2.08. The van der Waals surface area contributed by atoms with Gasteiger partial charge in [-0.05, 0) is 61.6 Å². The predicted molar refractivity (Wildman–Crippen MR) is 116 cm³/mol. The zero-order valence-corrected chi connectivity index (χ0v) is 18.0. The maximum atomic E-state index is 14.7. The minimum Gasteiger partial charge on any atom is -0.494 e.